The number of hydrogen-bond donors (Lipinski definition) is 3. The van der Waals surface area contributed by atoms with Crippen LogP contribution in [0.15, 0.2) is 90.3 Å². The number of anilines is 1. The van der Waals surface area contributed by atoms with Crippen LogP contribution < -0.4 is 10.6 Å². The van der Waals surface area contributed by atoms with E-state index in [9.17, 15) is 19.5 Å². The summed E-state index contributed by atoms with van der Waals surface area (Å²) >= 11 is 1.66. The van der Waals surface area contributed by atoms with Crippen LogP contribution in [0.25, 0.3) is 11.1 Å². The number of carboxylic acid groups (broad SMARTS) is 1. The van der Waals surface area contributed by atoms with E-state index in [1.165, 1.54) is 4.88 Å². The molecule has 0 radical (unpaired) electrons. The van der Waals surface area contributed by atoms with Crippen molar-refractivity contribution in [2.45, 2.75) is 45.3 Å². The number of rotatable bonds is 13. The van der Waals surface area contributed by atoms with Gasteiger partial charge < -0.3 is 20.5 Å². The van der Waals surface area contributed by atoms with E-state index in [1.54, 1.807) is 41.7 Å². The van der Waals surface area contributed by atoms with Gasteiger partial charge in [-0.2, -0.15) is 0 Å². The van der Waals surface area contributed by atoms with Crippen LogP contribution >= 0.6 is 11.3 Å². The van der Waals surface area contributed by atoms with Gasteiger partial charge in [0.1, 0.15) is 5.60 Å². The zero-order chi connectivity index (χ0) is 30.1. The molecule has 0 spiro atoms. The lowest BCUT2D eigenvalue weighted by Gasteiger charge is -2.21. The number of ketones is 1. The van der Waals surface area contributed by atoms with Gasteiger partial charge in [0.15, 0.2) is 5.78 Å². The SMILES string of the molecule is CC(C)(C)OC(=O)CNCCc1cc(-c2ccc([C@H](CC(=O)O)Nc3ccccc3C(=O)c3ccccc3)cc2)cs1. The average molecular weight is 585 g/mol. The minimum absolute atomic E-state index is 0.128. The molecule has 8 heteroatoms. The Hall–Kier alpha value is -4.27. The highest BCUT2D eigenvalue weighted by Gasteiger charge is 2.20. The van der Waals surface area contributed by atoms with Crippen LogP contribution in [0.4, 0.5) is 5.69 Å². The van der Waals surface area contributed by atoms with E-state index >= 15 is 0 Å². The lowest BCUT2D eigenvalue weighted by atomic mass is 9.97. The monoisotopic (exact) mass is 584 g/mol. The fourth-order valence-electron chi connectivity index (χ4n) is 4.52. The van der Waals surface area contributed by atoms with Gasteiger partial charge in [0.05, 0.1) is 19.0 Å². The van der Waals surface area contributed by atoms with Crippen molar-refractivity contribution in [1.29, 1.82) is 0 Å². The highest BCUT2D eigenvalue weighted by Crippen LogP contribution is 2.30. The van der Waals surface area contributed by atoms with Gasteiger partial charge in [-0.25, -0.2) is 0 Å². The largest absolute Gasteiger partial charge is 0.481 e. The molecule has 1 aromatic heterocycles. The summed E-state index contributed by atoms with van der Waals surface area (Å²) in [4.78, 5) is 38.0. The molecule has 0 aliphatic carbocycles. The van der Waals surface area contributed by atoms with Crippen LogP contribution in [0.2, 0.25) is 0 Å². The topological polar surface area (TPSA) is 105 Å². The lowest BCUT2D eigenvalue weighted by molar-refractivity contribution is -0.153. The molecule has 0 bridgehead atoms. The molecular weight excluding hydrogens is 548 g/mol. The van der Waals surface area contributed by atoms with Gasteiger partial charge in [-0.05, 0) is 67.5 Å². The molecule has 3 N–H and O–H groups in total. The lowest BCUT2D eigenvalue weighted by Crippen LogP contribution is -2.32. The molecule has 0 saturated heterocycles. The first kappa shape index (κ1) is 30.7. The number of ether oxygens (including phenoxy) is 1. The minimum atomic E-state index is -0.939. The van der Waals surface area contributed by atoms with E-state index in [2.05, 4.69) is 22.1 Å². The van der Waals surface area contributed by atoms with E-state index in [0.29, 0.717) is 23.4 Å². The molecule has 0 amide bonds. The van der Waals surface area contributed by atoms with E-state index in [4.69, 9.17) is 4.74 Å². The Morgan fingerprint density at radius 2 is 1.60 bits per heavy atom. The Morgan fingerprint density at radius 3 is 2.29 bits per heavy atom. The Morgan fingerprint density at radius 1 is 0.905 bits per heavy atom. The van der Waals surface area contributed by atoms with Crippen LogP contribution in [0, 0.1) is 0 Å². The average Bonchev–Trinajstić information content (AvgIpc) is 3.43. The van der Waals surface area contributed by atoms with Gasteiger partial charge in [-0.15, -0.1) is 11.3 Å². The molecule has 3 aromatic carbocycles. The Balaban J connectivity index is 1.42. The van der Waals surface area contributed by atoms with Crippen LogP contribution in [0.5, 0.6) is 0 Å². The molecule has 1 heterocycles. The van der Waals surface area contributed by atoms with Crippen molar-refractivity contribution >= 4 is 34.7 Å². The Labute approximate surface area is 250 Å². The standard InChI is InChI=1S/C34H36N2O5S/c1-34(2,3)41-32(39)21-35-18-17-27-19-26(22-42-27)23-13-15-24(16-14-23)30(20-31(37)38)36-29-12-8-7-11-28(29)33(40)25-9-5-4-6-10-25/h4-16,19,22,30,35-36H,17-18,20-21H2,1-3H3,(H,37,38)/t30-/m0/s1. The predicted molar refractivity (Wildman–Crippen MR) is 167 cm³/mol. The molecule has 0 aliphatic heterocycles. The second-order valence-electron chi connectivity index (χ2n) is 11.0. The summed E-state index contributed by atoms with van der Waals surface area (Å²) in [6, 6.07) is 25.6. The molecule has 4 aromatic rings. The number of carbonyl (C=O) groups excluding carboxylic acids is 2. The maximum atomic E-state index is 13.2. The Bertz CT molecular complexity index is 1510. The summed E-state index contributed by atoms with van der Waals surface area (Å²) in [5.74, 6) is -1.33. The molecule has 218 valence electrons. The van der Waals surface area contributed by atoms with Crippen molar-refractivity contribution in [3.05, 3.63) is 112 Å². The number of carbonyl (C=O) groups is 3. The Kier molecular flexibility index (Phi) is 10.3. The summed E-state index contributed by atoms with van der Waals surface area (Å²) < 4.78 is 5.32. The van der Waals surface area contributed by atoms with Gasteiger partial charge in [-0.3, -0.25) is 14.4 Å². The summed E-state index contributed by atoms with van der Waals surface area (Å²) in [6.07, 6.45) is 0.642. The fraction of sp³-hybridized carbons (Fsp3) is 0.265. The third-order valence-electron chi connectivity index (χ3n) is 6.45. The van der Waals surface area contributed by atoms with Gasteiger partial charge in [0.2, 0.25) is 0 Å². The van der Waals surface area contributed by atoms with Gasteiger partial charge in [0, 0.05) is 28.2 Å². The number of thiophene rings is 1. The number of benzene rings is 3. The van der Waals surface area contributed by atoms with Crippen molar-refractivity contribution in [3.8, 4) is 11.1 Å². The van der Waals surface area contributed by atoms with E-state index in [1.807, 2.05) is 69.3 Å². The molecule has 0 unspecified atom stereocenters. The quantitative estimate of drug-likeness (QED) is 0.0907. The first-order chi connectivity index (χ1) is 20.1. The number of carboxylic acids is 1. The number of esters is 1. The summed E-state index contributed by atoms with van der Waals surface area (Å²) in [5, 5.41) is 18.2. The number of para-hydroxylation sites is 1. The van der Waals surface area contributed by atoms with Gasteiger partial charge in [0.25, 0.3) is 0 Å². The van der Waals surface area contributed by atoms with E-state index < -0.39 is 17.6 Å². The summed E-state index contributed by atoms with van der Waals surface area (Å²) in [7, 11) is 0. The zero-order valence-electron chi connectivity index (χ0n) is 24.1. The van der Waals surface area contributed by atoms with Crippen molar-refractivity contribution in [2.24, 2.45) is 0 Å². The smallest absolute Gasteiger partial charge is 0.320 e. The summed E-state index contributed by atoms with van der Waals surface area (Å²) in [5.41, 5.74) is 4.07. The minimum Gasteiger partial charge on any atom is -0.481 e. The van der Waals surface area contributed by atoms with Crippen molar-refractivity contribution in [2.75, 3.05) is 18.4 Å². The third-order valence-corrected chi connectivity index (χ3v) is 7.45. The van der Waals surface area contributed by atoms with Crippen LogP contribution in [0.3, 0.4) is 0 Å². The highest BCUT2D eigenvalue weighted by atomic mass is 32.1. The van der Waals surface area contributed by atoms with Crippen LogP contribution in [0.1, 0.15) is 59.6 Å². The molecule has 1 atom stereocenters. The molecule has 0 saturated carbocycles. The molecule has 0 aliphatic rings. The molecule has 0 fully saturated rings. The number of aliphatic carboxylic acids is 1. The van der Waals surface area contributed by atoms with Crippen molar-refractivity contribution < 1.29 is 24.2 Å². The normalized spacial score (nSPS) is 12.0. The van der Waals surface area contributed by atoms with E-state index in [0.717, 1.165) is 23.1 Å². The molecule has 42 heavy (non-hydrogen) atoms. The maximum absolute atomic E-state index is 13.2. The fourth-order valence-corrected chi connectivity index (χ4v) is 5.41. The summed E-state index contributed by atoms with van der Waals surface area (Å²) in [6.45, 7) is 6.38. The zero-order valence-corrected chi connectivity index (χ0v) is 24.9. The number of nitrogens with one attached hydrogen (secondary N) is 2. The third kappa shape index (κ3) is 8.86. The maximum Gasteiger partial charge on any atom is 0.320 e. The highest BCUT2D eigenvalue weighted by molar-refractivity contribution is 7.10. The second-order valence-corrected chi connectivity index (χ2v) is 12.0. The molecule has 7 nitrogen and oxygen atoms in total. The van der Waals surface area contributed by atoms with E-state index in [-0.39, 0.29) is 24.7 Å². The first-order valence-corrected chi connectivity index (χ1v) is 14.7. The van der Waals surface area contributed by atoms with Crippen LogP contribution in [-0.4, -0.2) is 41.5 Å². The van der Waals surface area contributed by atoms with Crippen molar-refractivity contribution in [3.63, 3.8) is 0 Å². The number of hydrogen-bond acceptors (Lipinski definition) is 7. The predicted octanol–water partition coefficient (Wildman–Crippen LogP) is 6.75. The van der Waals surface area contributed by atoms with Gasteiger partial charge >= 0.3 is 11.9 Å². The molecule has 4 rings (SSSR count). The van der Waals surface area contributed by atoms with Crippen LogP contribution in [-0.2, 0) is 20.7 Å². The molecular formula is C34H36N2O5S. The van der Waals surface area contributed by atoms with Gasteiger partial charge in [-0.1, -0.05) is 66.7 Å². The first-order valence-electron chi connectivity index (χ1n) is 13.9. The van der Waals surface area contributed by atoms with Crippen molar-refractivity contribution in [1.82, 2.24) is 5.32 Å². The second kappa shape index (κ2) is 14.1.